The summed E-state index contributed by atoms with van der Waals surface area (Å²) in [6.45, 7) is 6.14. The van der Waals surface area contributed by atoms with Crippen LogP contribution >= 0.6 is 0 Å². The number of nitrogens with two attached hydrogens (primary N) is 1. The molecular weight excluding hydrogens is 346 g/mol. The normalized spacial score (nSPS) is 12.7. The van der Waals surface area contributed by atoms with Gasteiger partial charge in [0, 0.05) is 30.1 Å². The molecule has 0 bridgehead atoms. The van der Waals surface area contributed by atoms with Gasteiger partial charge in [0.1, 0.15) is 6.04 Å². The summed E-state index contributed by atoms with van der Waals surface area (Å²) >= 11 is 0. The number of benzene rings is 1. The van der Waals surface area contributed by atoms with Crippen LogP contribution in [-0.4, -0.2) is 33.5 Å². The molecule has 0 saturated heterocycles. The molecule has 0 aliphatic rings. The lowest BCUT2D eigenvalue weighted by atomic mass is 9.86. The lowest BCUT2D eigenvalue weighted by Gasteiger charge is -2.28. The molecule has 0 radical (unpaired) electrons. The van der Waals surface area contributed by atoms with Crippen LogP contribution in [0.25, 0.3) is 10.9 Å². The molecule has 1 aromatic carbocycles. The average Bonchev–Trinajstić information content (AvgIpc) is 2.94. The zero-order valence-corrected chi connectivity index (χ0v) is 16.0. The zero-order chi connectivity index (χ0) is 20.2. The number of hydrogen-bond acceptors (Lipinski definition) is 3. The summed E-state index contributed by atoms with van der Waals surface area (Å²) in [4.78, 5) is 35.3. The Morgan fingerprint density at radius 3 is 2.44 bits per heavy atom. The molecule has 1 aromatic heterocycles. The van der Waals surface area contributed by atoms with Crippen LogP contribution in [0.1, 0.15) is 50.4 Å². The van der Waals surface area contributed by atoms with E-state index in [0.29, 0.717) is 24.9 Å². The van der Waals surface area contributed by atoms with Gasteiger partial charge in [-0.2, -0.15) is 0 Å². The molecule has 146 valence electrons. The SMILES string of the molecule is CC(C)(C)C(NC(=O)c1cn(CCCCC(=O)O)c2ccccc12)C(N)=O. The first-order valence-electron chi connectivity index (χ1n) is 9.01. The third-order valence-corrected chi connectivity index (χ3v) is 4.50. The van der Waals surface area contributed by atoms with E-state index in [-0.39, 0.29) is 12.3 Å². The summed E-state index contributed by atoms with van der Waals surface area (Å²) < 4.78 is 1.95. The quantitative estimate of drug-likeness (QED) is 0.617. The van der Waals surface area contributed by atoms with Crippen LogP contribution in [0, 0.1) is 5.41 Å². The molecule has 2 amide bonds. The summed E-state index contributed by atoms with van der Waals surface area (Å²) in [5.41, 5.74) is 6.33. The second-order valence-electron chi connectivity index (χ2n) is 7.78. The van der Waals surface area contributed by atoms with Crippen LogP contribution in [0.2, 0.25) is 0 Å². The van der Waals surface area contributed by atoms with Crippen LogP contribution in [0.3, 0.4) is 0 Å². The number of rotatable bonds is 8. The first kappa shape index (κ1) is 20.5. The molecule has 7 nitrogen and oxygen atoms in total. The lowest BCUT2D eigenvalue weighted by molar-refractivity contribution is -0.137. The molecule has 7 heteroatoms. The molecule has 0 aliphatic carbocycles. The van der Waals surface area contributed by atoms with E-state index in [9.17, 15) is 14.4 Å². The maximum Gasteiger partial charge on any atom is 0.303 e. The number of carbonyl (C=O) groups is 3. The van der Waals surface area contributed by atoms with E-state index in [1.54, 1.807) is 6.20 Å². The van der Waals surface area contributed by atoms with E-state index in [1.165, 1.54) is 0 Å². The number of carbonyl (C=O) groups excluding carboxylic acids is 2. The molecule has 1 atom stereocenters. The number of hydrogen-bond donors (Lipinski definition) is 3. The number of unbranched alkanes of at least 4 members (excludes halogenated alkanes) is 1. The van der Waals surface area contributed by atoms with E-state index in [4.69, 9.17) is 10.8 Å². The number of nitrogens with zero attached hydrogens (tertiary/aromatic N) is 1. The first-order valence-corrected chi connectivity index (χ1v) is 9.01. The van der Waals surface area contributed by atoms with Crippen molar-refractivity contribution in [2.75, 3.05) is 0 Å². The van der Waals surface area contributed by atoms with Gasteiger partial charge < -0.3 is 20.7 Å². The molecule has 0 spiro atoms. The molecule has 0 saturated carbocycles. The second-order valence-corrected chi connectivity index (χ2v) is 7.78. The number of primary amides is 1. The third-order valence-electron chi connectivity index (χ3n) is 4.50. The van der Waals surface area contributed by atoms with Crippen molar-refractivity contribution in [2.24, 2.45) is 11.1 Å². The zero-order valence-electron chi connectivity index (χ0n) is 16.0. The molecule has 0 aliphatic heterocycles. The van der Waals surface area contributed by atoms with Crippen molar-refractivity contribution in [3.63, 3.8) is 0 Å². The van der Waals surface area contributed by atoms with Crippen LogP contribution in [0.15, 0.2) is 30.5 Å². The fourth-order valence-corrected chi connectivity index (χ4v) is 3.09. The maximum atomic E-state index is 12.8. The van der Waals surface area contributed by atoms with Gasteiger partial charge in [0.25, 0.3) is 5.91 Å². The smallest absolute Gasteiger partial charge is 0.303 e. The fourth-order valence-electron chi connectivity index (χ4n) is 3.09. The average molecular weight is 373 g/mol. The van der Waals surface area contributed by atoms with Crippen molar-refractivity contribution < 1.29 is 19.5 Å². The standard InChI is InChI=1S/C20H27N3O4/c1-20(2,3)17(18(21)26)22-19(27)14-12-23(11-7-6-10-16(24)25)15-9-5-4-8-13(14)15/h4-5,8-9,12,17H,6-7,10-11H2,1-3H3,(H2,21,26)(H,22,27)(H,24,25). The Morgan fingerprint density at radius 1 is 1.19 bits per heavy atom. The minimum Gasteiger partial charge on any atom is -0.481 e. The summed E-state index contributed by atoms with van der Waals surface area (Å²) in [6, 6.07) is 6.72. The van der Waals surface area contributed by atoms with Gasteiger partial charge in [0.2, 0.25) is 5.91 Å². The van der Waals surface area contributed by atoms with Crippen LogP contribution in [0.5, 0.6) is 0 Å². The van der Waals surface area contributed by atoms with Gasteiger partial charge in [-0.1, -0.05) is 39.0 Å². The van der Waals surface area contributed by atoms with Gasteiger partial charge in [0.15, 0.2) is 0 Å². The molecular formula is C20H27N3O4. The van der Waals surface area contributed by atoms with Crippen molar-refractivity contribution in [2.45, 2.75) is 52.6 Å². The molecule has 1 unspecified atom stereocenters. The van der Waals surface area contributed by atoms with Gasteiger partial charge in [-0.3, -0.25) is 14.4 Å². The van der Waals surface area contributed by atoms with Crippen molar-refractivity contribution in [3.8, 4) is 0 Å². The first-order chi connectivity index (χ1) is 12.6. The Morgan fingerprint density at radius 2 is 1.85 bits per heavy atom. The molecule has 2 rings (SSSR count). The predicted molar refractivity (Wildman–Crippen MR) is 103 cm³/mol. The van der Waals surface area contributed by atoms with Crippen LogP contribution < -0.4 is 11.1 Å². The highest BCUT2D eigenvalue weighted by Gasteiger charge is 2.32. The largest absolute Gasteiger partial charge is 0.481 e. The van der Waals surface area contributed by atoms with Crippen molar-refractivity contribution in [1.82, 2.24) is 9.88 Å². The minimum absolute atomic E-state index is 0.123. The number of carboxylic acid groups (broad SMARTS) is 1. The van der Waals surface area contributed by atoms with Gasteiger partial charge >= 0.3 is 5.97 Å². The fraction of sp³-hybridized carbons (Fsp3) is 0.450. The monoisotopic (exact) mass is 373 g/mol. The van der Waals surface area contributed by atoms with Gasteiger partial charge in [0.05, 0.1) is 5.56 Å². The van der Waals surface area contributed by atoms with E-state index in [0.717, 1.165) is 10.9 Å². The molecule has 27 heavy (non-hydrogen) atoms. The van der Waals surface area contributed by atoms with Gasteiger partial charge in [-0.05, 0) is 24.3 Å². The Bertz CT molecular complexity index is 849. The molecule has 1 heterocycles. The summed E-state index contributed by atoms with van der Waals surface area (Å²) in [5.74, 6) is -1.74. The highest BCUT2D eigenvalue weighted by Crippen LogP contribution is 2.24. The van der Waals surface area contributed by atoms with E-state index in [1.807, 2.05) is 49.6 Å². The number of aryl methyl sites for hydroxylation is 1. The topological polar surface area (TPSA) is 114 Å². The highest BCUT2D eigenvalue weighted by molar-refractivity contribution is 6.08. The number of amides is 2. The molecule has 0 fully saturated rings. The number of fused-ring (bicyclic) bond motifs is 1. The van der Waals surface area contributed by atoms with Gasteiger partial charge in [-0.15, -0.1) is 0 Å². The van der Waals surface area contributed by atoms with Crippen LogP contribution in [0.4, 0.5) is 0 Å². The molecule has 2 aromatic rings. The van der Waals surface area contributed by atoms with Crippen LogP contribution in [-0.2, 0) is 16.1 Å². The minimum atomic E-state index is -0.813. The van der Waals surface area contributed by atoms with E-state index >= 15 is 0 Å². The summed E-state index contributed by atoms with van der Waals surface area (Å²) in [6.07, 6.45) is 3.13. The number of aromatic nitrogens is 1. The highest BCUT2D eigenvalue weighted by atomic mass is 16.4. The number of nitrogens with one attached hydrogen (secondary N) is 1. The molecule has 4 N–H and O–H groups in total. The summed E-state index contributed by atoms with van der Waals surface area (Å²) in [7, 11) is 0. The summed E-state index contributed by atoms with van der Waals surface area (Å²) in [5, 5.41) is 12.3. The Labute approximate surface area is 158 Å². The lowest BCUT2D eigenvalue weighted by Crippen LogP contribution is -2.52. The third kappa shape index (κ3) is 5.09. The van der Waals surface area contributed by atoms with Gasteiger partial charge in [-0.25, -0.2) is 0 Å². The van der Waals surface area contributed by atoms with E-state index in [2.05, 4.69) is 5.32 Å². The van der Waals surface area contributed by atoms with Crippen molar-refractivity contribution in [1.29, 1.82) is 0 Å². The Kier molecular flexibility index (Phi) is 6.25. The maximum absolute atomic E-state index is 12.8. The number of para-hydroxylation sites is 1. The van der Waals surface area contributed by atoms with Crippen molar-refractivity contribution >= 4 is 28.7 Å². The number of aliphatic carboxylic acids is 1. The Balaban J connectivity index is 2.26. The van der Waals surface area contributed by atoms with Crippen molar-refractivity contribution in [3.05, 3.63) is 36.0 Å². The number of carboxylic acids is 1. The van der Waals surface area contributed by atoms with E-state index < -0.39 is 23.3 Å². The second kappa shape index (κ2) is 8.24. The Hall–Kier alpha value is -2.83. The predicted octanol–water partition coefficient (Wildman–Crippen LogP) is 2.53.